The number of benzene rings is 1. The number of pyridine rings is 1. The number of hydrogen-bond acceptors (Lipinski definition) is 8. The predicted molar refractivity (Wildman–Crippen MR) is 148 cm³/mol. The third-order valence-corrected chi connectivity index (χ3v) is 9.33. The van der Waals surface area contributed by atoms with Gasteiger partial charge in [-0.2, -0.15) is 4.31 Å². The molecule has 1 N–H and O–H groups in total. The Kier molecular flexibility index (Phi) is 7.95. The summed E-state index contributed by atoms with van der Waals surface area (Å²) in [6, 6.07) is 7.41. The Labute approximate surface area is 237 Å². The lowest BCUT2D eigenvalue weighted by atomic mass is 9.99. The average Bonchev–Trinajstić information content (AvgIpc) is 3.57. The minimum atomic E-state index is -3.88. The summed E-state index contributed by atoms with van der Waals surface area (Å²) in [6.07, 6.45) is 3.29. The first-order chi connectivity index (χ1) is 19.6. The fourth-order valence-corrected chi connectivity index (χ4v) is 6.89. The smallest absolute Gasteiger partial charge is 0.263 e. The Morgan fingerprint density at radius 1 is 1.15 bits per heavy atom. The number of hydrogen-bond donors (Lipinski definition) is 1. The van der Waals surface area contributed by atoms with Crippen molar-refractivity contribution in [1.29, 1.82) is 0 Å². The molecule has 1 fully saturated rings. The number of aryl methyl sites for hydroxylation is 1. The zero-order valence-electron chi connectivity index (χ0n) is 23.2. The average molecular weight is 584 g/mol. The number of sulfonamides is 1. The number of carbonyl (C=O) groups excluding carboxylic acids is 2. The van der Waals surface area contributed by atoms with Crippen LogP contribution in [0.2, 0.25) is 0 Å². The molecule has 2 aliphatic rings. The van der Waals surface area contributed by atoms with E-state index in [1.807, 2.05) is 6.92 Å². The third-order valence-electron chi connectivity index (χ3n) is 7.50. The van der Waals surface area contributed by atoms with Gasteiger partial charge in [-0.15, -0.1) is 5.10 Å². The van der Waals surface area contributed by atoms with Crippen molar-refractivity contribution < 1.29 is 22.7 Å². The van der Waals surface area contributed by atoms with Crippen LogP contribution >= 0.6 is 0 Å². The molecule has 2 aliphatic heterocycles. The van der Waals surface area contributed by atoms with Crippen molar-refractivity contribution in [3.8, 4) is 5.75 Å². The number of carbonyl (C=O) groups is 2. The molecule has 2 atom stereocenters. The maximum absolute atomic E-state index is 13.7. The highest BCUT2D eigenvalue weighted by atomic mass is 32.2. The Hall–Kier alpha value is -4.04. The summed E-state index contributed by atoms with van der Waals surface area (Å²) in [5, 5.41) is 11.3. The molecule has 2 aromatic heterocycles. The first-order valence-corrected chi connectivity index (χ1v) is 14.9. The Bertz CT molecular complexity index is 1630. The highest BCUT2D eigenvalue weighted by Crippen LogP contribution is 2.35. The van der Waals surface area contributed by atoms with Gasteiger partial charge in [0.25, 0.3) is 11.5 Å². The first-order valence-electron chi connectivity index (χ1n) is 13.4. The molecule has 218 valence electrons. The second-order valence-corrected chi connectivity index (χ2v) is 12.3. The molecular weight excluding hydrogens is 550 g/mol. The number of rotatable bonds is 4. The van der Waals surface area contributed by atoms with Gasteiger partial charge in [0.2, 0.25) is 15.9 Å². The van der Waals surface area contributed by atoms with Crippen molar-refractivity contribution in [2.75, 3.05) is 39.8 Å². The molecule has 4 heterocycles. The zero-order valence-corrected chi connectivity index (χ0v) is 24.0. The Morgan fingerprint density at radius 2 is 1.95 bits per heavy atom. The van der Waals surface area contributed by atoms with Gasteiger partial charge in [0.05, 0.1) is 30.3 Å². The van der Waals surface area contributed by atoms with Crippen LogP contribution in [0.25, 0.3) is 0 Å². The standard InChI is InChI=1S/C27H33N7O6S/c1-4-40-24-8-7-21(12-18(24)2)41(38,39)33-14-19-13-25(35)28-9-11-31(3)26(36)22-6-5-10-32(27(22)37)15-20-16-34(30-29-20)23(19)17-33/h5-8,10,12,16,19,23H,4,9,11,13-15,17H2,1-3H3,(H,28,35)/t19-,23+/m0/s1. The lowest BCUT2D eigenvalue weighted by Crippen LogP contribution is -2.39. The van der Waals surface area contributed by atoms with E-state index in [4.69, 9.17) is 4.74 Å². The summed E-state index contributed by atoms with van der Waals surface area (Å²) in [7, 11) is -2.31. The zero-order chi connectivity index (χ0) is 29.3. The maximum Gasteiger partial charge on any atom is 0.263 e. The van der Waals surface area contributed by atoms with Crippen LogP contribution in [0.5, 0.6) is 5.75 Å². The summed E-state index contributed by atoms with van der Waals surface area (Å²) < 4.78 is 37.3. The number of ether oxygens (including phenoxy) is 1. The van der Waals surface area contributed by atoms with Gasteiger partial charge >= 0.3 is 0 Å². The highest BCUT2D eigenvalue weighted by Gasteiger charge is 2.42. The molecule has 0 spiro atoms. The van der Waals surface area contributed by atoms with Gasteiger partial charge in [-0.25, -0.2) is 13.1 Å². The van der Waals surface area contributed by atoms with Crippen molar-refractivity contribution in [3.05, 3.63) is 69.9 Å². The topological polar surface area (TPSA) is 149 Å². The van der Waals surface area contributed by atoms with E-state index in [1.165, 1.54) is 25.9 Å². The van der Waals surface area contributed by atoms with Crippen molar-refractivity contribution in [2.24, 2.45) is 5.92 Å². The van der Waals surface area contributed by atoms with Crippen molar-refractivity contribution in [3.63, 3.8) is 0 Å². The van der Waals surface area contributed by atoms with E-state index < -0.39 is 27.5 Å². The van der Waals surface area contributed by atoms with E-state index in [2.05, 4.69) is 15.6 Å². The van der Waals surface area contributed by atoms with Crippen LogP contribution in [0.1, 0.15) is 41.0 Å². The maximum atomic E-state index is 13.7. The van der Waals surface area contributed by atoms with Crippen LogP contribution in [0.3, 0.4) is 0 Å². The van der Waals surface area contributed by atoms with Gasteiger partial charge in [-0.1, -0.05) is 5.21 Å². The minimum absolute atomic E-state index is 0.0158. The molecule has 13 nitrogen and oxygen atoms in total. The van der Waals surface area contributed by atoms with E-state index in [-0.39, 0.29) is 61.4 Å². The lowest BCUT2D eigenvalue weighted by Gasteiger charge is -2.20. The molecule has 0 unspecified atom stereocenters. The van der Waals surface area contributed by atoms with Gasteiger partial charge in [0, 0.05) is 51.8 Å². The van der Waals surface area contributed by atoms with Crippen LogP contribution in [0, 0.1) is 12.8 Å². The summed E-state index contributed by atoms with van der Waals surface area (Å²) in [4.78, 5) is 40.4. The fraction of sp³-hybridized carbons (Fsp3) is 0.444. The minimum Gasteiger partial charge on any atom is -0.494 e. The number of fused-ring (bicyclic) bond motifs is 6. The van der Waals surface area contributed by atoms with Crippen molar-refractivity contribution in [2.45, 2.75) is 37.8 Å². The largest absolute Gasteiger partial charge is 0.494 e. The third kappa shape index (κ3) is 5.75. The van der Waals surface area contributed by atoms with Gasteiger partial charge < -0.3 is 19.5 Å². The van der Waals surface area contributed by atoms with Crippen LogP contribution in [0.4, 0.5) is 0 Å². The molecule has 0 aliphatic carbocycles. The van der Waals surface area contributed by atoms with Crippen LogP contribution in [0.15, 0.2) is 52.4 Å². The SMILES string of the molecule is CCOc1ccc(S(=O)(=O)N2C[C@@H]3CC(=O)NCCN(C)C(=O)c4cccn(c4=O)Cc4cn(nn4)[C@@H]3C2)cc1C. The molecule has 4 bridgehead atoms. The molecule has 0 saturated carbocycles. The number of amides is 2. The van der Waals surface area contributed by atoms with E-state index in [0.29, 0.717) is 23.6 Å². The van der Waals surface area contributed by atoms with E-state index in [9.17, 15) is 22.8 Å². The first kappa shape index (κ1) is 28.5. The number of likely N-dealkylation sites (N-methyl/N-ethyl adjacent to an activating group) is 1. The normalized spacial score (nSPS) is 20.5. The van der Waals surface area contributed by atoms with Gasteiger partial charge in [0.1, 0.15) is 17.0 Å². The molecular formula is C27H33N7O6S. The monoisotopic (exact) mass is 583 g/mol. The Balaban J connectivity index is 1.47. The summed E-state index contributed by atoms with van der Waals surface area (Å²) >= 11 is 0. The molecule has 2 amide bonds. The van der Waals surface area contributed by atoms with Crippen LogP contribution < -0.4 is 15.6 Å². The molecule has 0 radical (unpaired) electrons. The number of nitrogens with zero attached hydrogens (tertiary/aromatic N) is 6. The van der Waals surface area contributed by atoms with Crippen LogP contribution in [-0.4, -0.2) is 88.8 Å². The predicted octanol–water partition coefficient (Wildman–Crippen LogP) is 0.649. The molecule has 41 heavy (non-hydrogen) atoms. The molecule has 5 rings (SSSR count). The van der Waals surface area contributed by atoms with Gasteiger partial charge in [-0.05, 0) is 49.7 Å². The summed E-state index contributed by atoms with van der Waals surface area (Å²) in [6.45, 7) is 4.80. The highest BCUT2D eigenvalue weighted by molar-refractivity contribution is 7.89. The second-order valence-electron chi connectivity index (χ2n) is 10.3. The molecule has 1 aromatic carbocycles. The van der Waals surface area contributed by atoms with Crippen LogP contribution in [-0.2, 0) is 21.4 Å². The Morgan fingerprint density at radius 3 is 2.71 bits per heavy atom. The van der Waals surface area contributed by atoms with E-state index >= 15 is 0 Å². The van der Waals surface area contributed by atoms with Crippen molar-refractivity contribution >= 4 is 21.8 Å². The van der Waals surface area contributed by atoms with E-state index in [1.54, 1.807) is 49.2 Å². The lowest BCUT2D eigenvalue weighted by molar-refractivity contribution is -0.122. The summed E-state index contributed by atoms with van der Waals surface area (Å²) in [5.74, 6) is -0.486. The van der Waals surface area contributed by atoms with Crippen molar-refractivity contribution in [1.82, 2.24) is 34.1 Å². The van der Waals surface area contributed by atoms with E-state index in [0.717, 1.165) is 0 Å². The second kappa shape index (κ2) is 11.4. The summed E-state index contributed by atoms with van der Waals surface area (Å²) in [5.41, 5.74) is 0.725. The fourth-order valence-electron chi connectivity index (χ4n) is 5.29. The van der Waals surface area contributed by atoms with Gasteiger partial charge in [-0.3, -0.25) is 14.4 Å². The molecule has 3 aromatic rings. The molecule has 1 saturated heterocycles. The number of aromatic nitrogens is 4. The number of nitrogens with one attached hydrogen (secondary N) is 1. The molecule has 14 heteroatoms. The van der Waals surface area contributed by atoms with Gasteiger partial charge in [0.15, 0.2) is 0 Å². The quantitative estimate of drug-likeness (QED) is 0.471.